The molecule has 0 saturated carbocycles. The lowest BCUT2D eigenvalue weighted by molar-refractivity contribution is 0.426. The molecule has 2 N–H and O–H groups in total. The van der Waals surface area contributed by atoms with Crippen molar-refractivity contribution < 1.29 is 10.0 Å². The van der Waals surface area contributed by atoms with Gasteiger partial charge in [-0.05, 0) is 53.7 Å². The van der Waals surface area contributed by atoms with Gasteiger partial charge in [0.2, 0.25) is 0 Å². The van der Waals surface area contributed by atoms with E-state index in [1.807, 2.05) is 30.3 Å². The molecule has 0 saturated heterocycles. The van der Waals surface area contributed by atoms with E-state index >= 15 is 0 Å². The van der Waals surface area contributed by atoms with Crippen LogP contribution in [-0.4, -0.2) is 21.7 Å². The van der Waals surface area contributed by atoms with E-state index in [2.05, 4.69) is 53.1 Å². The van der Waals surface area contributed by atoms with Gasteiger partial charge in [-0.1, -0.05) is 60.7 Å². The summed E-state index contributed by atoms with van der Waals surface area (Å²) in [4.78, 5) is 0. The highest BCUT2D eigenvalue weighted by molar-refractivity contribution is 6.59. The summed E-state index contributed by atoms with van der Waals surface area (Å²) in [5.74, 6) is 0. The summed E-state index contributed by atoms with van der Waals surface area (Å²) in [6, 6.07) is 22.4. The molecule has 3 aromatic carbocycles. The number of aromatic nitrogens is 1. The van der Waals surface area contributed by atoms with Crippen molar-refractivity contribution >= 4 is 40.0 Å². The third kappa shape index (κ3) is 2.70. The summed E-state index contributed by atoms with van der Waals surface area (Å²) in [5, 5.41) is 21.6. The zero-order chi connectivity index (χ0) is 19.1. The third-order valence-corrected chi connectivity index (χ3v) is 5.49. The first-order chi connectivity index (χ1) is 13.7. The van der Waals surface area contributed by atoms with Crippen molar-refractivity contribution in [1.29, 1.82) is 0 Å². The average molecular weight is 365 g/mol. The number of hydrogen-bond acceptors (Lipinski definition) is 2. The van der Waals surface area contributed by atoms with Gasteiger partial charge in [-0.2, -0.15) is 0 Å². The maximum atomic E-state index is 9.73. The molecule has 4 aromatic rings. The molecule has 0 unspecified atom stereocenters. The predicted molar refractivity (Wildman–Crippen MR) is 117 cm³/mol. The van der Waals surface area contributed by atoms with Gasteiger partial charge in [-0.25, -0.2) is 0 Å². The number of hydrogen-bond donors (Lipinski definition) is 2. The molecule has 0 spiro atoms. The third-order valence-electron chi connectivity index (χ3n) is 5.49. The van der Waals surface area contributed by atoms with E-state index in [4.69, 9.17) is 0 Å². The molecule has 1 heterocycles. The SMILES string of the molecule is OB(O)c1ccc2c(c1)c1c(C3=CC=CCC3)cccc1n2-c1ccccc1. The van der Waals surface area contributed by atoms with E-state index in [1.54, 1.807) is 6.07 Å². The van der Waals surface area contributed by atoms with Gasteiger partial charge in [0.1, 0.15) is 0 Å². The minimum Gasteiger partial charge on any atom is -0.423 e. The van der Waals surface area contributed by atoms with Crippen LogP contribution >= 0.6 is 0 Å². The van der Waals surface area contributed by atoms with Crippen molar-refractivity contribution in [2.75, 3.05) is 0 Å². The van der Waals surface area contributed by atoms with Crippen LogP contribution in [0.4, 0.5) is 0 Å². The second-order valence-electron chi connectivity index (χ2n) is 7.18. The van der Waals surface area contributed by atoms with Crippen molar-refractivity contribution in [3.8, 4) is 5.69 Å². The molecule has 0 aliphatic heterocycles. The minimum atomic E-state index is -1.48. The molecule has 0 fully saturated rings. The minimum absolute atomic E-state index is 0.506. The first kappa shape index (κ1) is 17.1. The van der Waals surface area contributed by atoms with Crippen molar-refractivity contribution in [2.24, 2.45) is 0 Å². The van der Waals surface area contributed by atoms with Crippen LogP contribution in [0.5, 0.6) is 0 Å². The molecule has 136 valence electrons. The number of fused-ring (bicyclic) bond motifs is 3. The van der Waals surface area contributed by atoms with Crippen LogP contribution in [0.15, 0.2) is 85.0 Å². The fourth-order valence-corrected chi connectivity index (χ4v) is 4.20. The molecule has 3 nitrogen and oxygen atoms in total. The van der Waals surface area contributed by atoms with Crippen molar-refractivity contribution in [3.63, 3.8) is 0 Å². The molecule has 0 bridgehead atoms. The lowest BCUT2D eigenvalue weighted by atomic mass is 9.79. The molecular formula is C24H20BNO2. The van der Waals surface area contributed by atoms with Crippen LogP contribution in [0, 0.1) is 0 Å². The monoisotopic (exact) mass is 365 g/mol. The largest absolute Gasteiger partial charge is 0.488 e. The number of rotatable bonds is 3. The van der Waals surface area contributed by atoms with Crippen LogP contribution in [0.1, 0.15) is 18.4 Å². The Morgan fingerprint density at radius 1 is 0.857 bits per heavy atom. The van der Waals surface area contributed by atoms with E-state index in [9.17, 15) is 10.0 Å². The normalized spacial score (nSPS) is 13.9. The van der Waals surface area contributed by atoms with E-state index in [-0.39, 0.29) is 0 Å². The topological polar surface area (TPSA) is 45.4 Å². The van der Waals surface area contributed by atoms with Crippen LogP contribution in [0.3, 0.4) is 0 Å². The molecule has 28 heavy (non-hydrogen) atoms. The summed E-state index contributed by atoms with van der Waals surface area (Å²) in [7, 11) is -1.48. The Morgan fingerprint density at radius 3 is 2.46 bits per heavy atom. The molecule has 0 amide bonds. The smallest absolute Gasteiger partial charge is 0.423 e. The van der Waals surface area contributed by atoms with Gasteiger partial charge in [0.05, 0.1) is 11.0 Å². The van der Waals surface area contributed by atoms with Crippen molar-refractivity contribution in [3.05, 3.63) is 90.5 Å². The summed E-state index contributed by atoms with van der Waals surface area (Å²) in [6.45, 7) is 0. The highest BCUT2D eigenvalue weighted by atomic mass is 16.4. The van der Waals surface area contributed by atoms with Gasteiger partial charge in [-0.15, -0.1) is 0 Å². The molecule has 1 aliphatic rings. The molecule has 5 rings (SSSR count). The number of nitrogens with zero attached hydrogens (tertiary/aromatic N) is 1. The van der Waals surface area contributed by atoms with Crippen LogP contribution in [0.25, 0.3) is 33.1 Å². The van der Waals surface area contributed by atoms with Gasteiger partial charge in [0.15, 0.2) is 0 Å². The fraction of sp³-hybridized carbons (Fsp3) is 0.0833. The van der Waals surface area contributed by atoms with Gasteiger partial charge in [0.25, 0.3) is 0 Å². The van der Waals surface area contributed by atoms with Gasteiger partial charge >= 0.3 is 7.12 Å². The van der Waals surface area contributed by atoms with Gasteiger partial charge in [0, 0.05) is 16.5 Å². The zero-order valence-corrected chi connectivity index (χ0v) is 15.4. The predicted octanol–water partition coefficient (Wildman–Crippen LogP) is 4.20. The quantitative estimate of drug-likeness (QED) is 0.535. The van der Waals surface area contributed by atoms with Crippen LogP contribution in [0.2, 0.25) is 0 Å². The Labute approximate surface area is 164 Å². The highest BCUT2D eigenvalue weighted by Gasteiger charge is 2.19. The lowest BCUT2D eigenvalue weighted by Crippen LogP contribution is -2.29. The second kappa shape index (κ2) is 6.82. The summed E-state index contributed by atoms with van der Waals surface area (Å²) < 4.78 is 2.25. The van der Waals surface area contributed by atoms with E-state index < -0.39 is 7.12 Å². The van der Waals surface area contributed by atoms with E-state index in [0.29, 0.717) is 5.46 Å². The number of allylic oxidation sites excluding steroid dienone is 4. The first-order valence-corrected chi connectivity index (χ1v) is 9.59. The summed E-state index contributed by atoms with van der Waals surface area (Å²) >= 11 is 0. The average Bonchev–Trinajstić information content (AvgIpc) is 3.08. The van der Waals surface area contributed by atoms with Crippen molar-refractivity contribution in [1.82, 2.24) is 4.57 Å². The van der Waals surface area contributed by atoms with Gasteiger partial charge in [-0.3, -0.25) is 0 Å². The number of benzene rings is 3. The van der Waals surface area contributed by atoms with E-state index in [1.165, 1.54) is 11.1 Å². The highest BCUT2D eigenvalue weighted by Crippen LogP contribution is 2.38. The first-order valence-electron chi connectivity index (χ1n) is 9.59. The Hall–Kier alpha value is -3.08. The molecule has 0 radical (unpaired) electrons. The molecule has 1 aromatic heterocycles. The molecular weight excluding hydrogens is 345 g/mol. The molecule has 1 aliphatic carbocycles. The van der Waals surface area contributed by atoms with Crippen LogP contribution < -0.4 is 5.46 Å². The summed E-state index contributed by atoms with van der Waals surface area (Å²) in [6.07, 6.45) is 8.55. The van der Waals surface area contributed by atoms with Crippen molar-refractivity contribution in [2.45, 2.75) is 12.8 Å². The zero-order valence-electron chi connectivity index (χ0n) is 15.4. The Kier molecular flexibility index (Phi) is 4.16. The fourth-order valence-electron chi connectivity index (χ4n) is 4.20. The van der Waals surface area contributed by atoms with E-state index in [0.717, 1.165) is 40.3 Å². The molecule has 0 atom stereocenters. The lowest BCUT2D eigenvalue weighted by Gasteiger charge is -2.12. The Morgan fingerprint density at radius 2 is 1.71 bits per heavy atom. The number of para-hydroxylation sites is 1. The maximum Gasteiger partial charge on any atom is 0.488 e. The second-order valence-corrected chi connectivity index (χ2v) is 7.18. The summed E-state index contributed by atoms with van der Waals surface area (Å²) in [5.41, 5.74) is 6.31. The Bertz CT molecular complexity index is 1240. The standard InChI is InChI=1S/C24H20BNO2/c27-25(28)18-14-15-22-21(16-18)24-20(17-8-3-1-4-9-17)12-7-13-23(24)26(22)19-10-5-2-6-11-19/h1-3,5-8,10-16,27-28H,4,9H2. The molecule has 4 heteroatoms. The van der Waals surface area contributed by atoms with Crippen LogP contribution in [-0.2, 0) is 0 Å². The maximum absolute atomic E-state index is 9.73. The van der Waals surface area contributed by atoms with Gasteiger partial charge < -0.3 is 14.6 Å². The Balaban J connectivity index is 1.92.